The molecular formula is C5H5N3O3. The van der Waals surface area contributed by atoms with E-state index in [1.807, 2.05) is 0 Å². The first kappa shape index (κ1) is 7.39. The van der Waals surface area contributed by atoms with Crippen LogP contribution in [0.2, 0.25) is 0 Å². The fraction of sp³-hybridized carbons (Fsp3) is 0.200. The van der Waals surface area contributed by atoms with E-state index < -0.39 is 10.7 Å². The van der Waals surface area contributed by atoms with Gasteiger partial charge in [-0.3, -0.25) is 4.79 Å². The molecule has 1 aromatic rings. The van der Waals surface area contributed by atoms with Crippen molar-refractivity contribution in [3.8, 4) is 0 Å². The first-order valence-electron chi connectivity index (χ1n) is 2.82. The van der Waals surface area contributed by atoms with Gasteiger partial charge in [-0.2, -0.15) is 5.10 Å². The Labute approximate surface area is 61.4 Å². The van der Waals surface area contributed by atoms with Crippen LogP contribution < -0.4 is 0 Å². The van der Waals surface area contributed by atoms with E-state index in [9.17, 15) is 14.9 Å². The highest BCUT2D eigenvalue weighted by atomic mass is 16.6. The Morgan fingerprint density at radius 3 is 2.82 bits per heavy atom. The Morgan fingerprint density at radius 1 is 1.82 bits per heavy atom. The van der Waals surface area contributed by atoms with Crippen molar-refractivity contribution in [1.82, 2.24) is 10.2 Å². The van der Waals surface area contributed by atoms with Crippen LogP contribution in [0.25, 0.3) is 0 Å². The number of carbonyl (C=O) groups is 1. The van der Waals surface area contributed by atoms with Gasteiger partial charge in [0.25, 0.3) is 0 Å². The monoisotopic (exact) mass is 155 g/mol. The van der Waals surface area contributed by atoms with Crippen LogP contribution in [-0.2, 0) is 0 Å². The summed E-state index contributed by atoms with van der Waals surface area (Å²) in [7, 11) is 0. The molecule has 6 heteroatoms. The van der Waals surface area contributed by atoms with Crippen LogP contribution in [0, 0.1) is 10.1 Å². The highest BCUT2D eigenvalue weighted by Gasteiger charge is 2.19. The molecule has 0 atom stereocenters. The number of aromatic amines is 1. The first-order chi connectivity index (χ1) is 5.13. The number of H-pyrrole nitrogens is 1. The summed E-state index contributed by atoms with van der Waals surface area (Å²) in [5, 5.41) is 15.7. The lowest BCUT2D eigenvalue weighted by molar-refractivity contribution is -0.389. The molecule has 0 aliphatic heterocycles. The third-order valence-electron chi connectivity index (χ3n) is 1.17. The van der Waals surface area contributed by atoms with Crippen molar-refractivity contribution >= 4 is 11.6 Å². The molecule has 11 heavy (non-hydrogen) atoms. The molecule has 0 aromatic carbocycles. The Bertz CT molecular complexity index is 275. The summed E-state index contributed by atoms with van der Waals surface area (Å²) in [6, 6.07) is 0. The first-order valence-corrected chi connectivity index (χ1v) is 2.82. The molecular weight excluding hydrogens is 150 g/mol. The fourth-order valence-electron chi connectivity index (χ4n) is 0.681. The van der Waals surface area contributed by atoms with E-state index in [1.54, 1.807) is 0 Å². The number of nitro groups is 1. The highest BCUT2D eigenvalue weighted by molar-refractivity contribution is 5.97. The second-order valence-electron chi connectivity index (χ2n) is 1.94. The summed E-state index contributed by atoms with van der Waals surface area (Å²) in [6.07, 6.45) is 1.21. The molecule has 0 amide bonds. The molecule has 0 aliphatic rings. The van der Waals surface area contributed by atoms with E-state index in [2.05, 4.69) is 10.2 Å². The minimum atomic E-state index is -0.701. The number of nitrogens with zero attached hydrogens (tertiary/aromatic N) is 2. The number of Topliss-reactive ketones (excluding diaryl/α,β-unsaturated/α-hetero) is 1. The molecule has 0 fully saturated rings. The maximum absolute atomic E-state index is 10.7. The van der Waals surface area contributed by atoms with Gasteiger partial charge >= 0.3 is 5.82 Å². The molecule has 1 aromatic heterocycles. The summed E-state index contributed by atoms with van der Waals surface area (Å²) >= 11 is 0. The average Bonchev–Trinajstić information content (AvgIpc) is 2.32. The lowest BCUT2D eigenvalue weighted by Crippen LogP contribution is -1.97. The number of carbonyl (C=O) groups excluding carboxylic acids is 1. The van der Waals surface area contributed by atoms with Gasteiger partial charge in [-0.25, -0.2) is 0 Å². The van der Waals surface area contributed by atoms with Crippen LogP contribution in [0.3, 0.4) is 0 Å². The minimum Gasteiger partial charge on any atom is -0.358 e. The third kappa shape index (κ3) is 1.23. The quantitative estimate of drug-likeness (QED) is 0.383. The average molecular weight is 155 g/mol. The van der Waals surface area contributed by atoms with E-state index in [4.69, 9.17) is 0 Å². The normalized spacial score (nSPS) is 9.55. The molecule has 0 saturated heterocycles. The molecule has 1 N–H and O–H groups in total. The van der Waals surface area contributed by atoms with Crippen LogP contribution in [0.1, 0.15) is 17.3 Å². The van der Waals surface area contributed by atoms with Crippen LogP contribution in [0.4, 0.5) is 5.82 Å². The number of rotatable bonds is 2. The molecule has 0 saturated carbocycles. The van der Waals surface area contributed by atoms with Gasteiger partial charge in [0.05, 0.1) is 11.3 Å². The summed E-state index contributed by atoms with van der Waals surface area (Å²) in [5.41, 5.74) is 0.00926. The number of hydrogen-bond acceptors (Lipinski definition) is 4. The van der Waals surface area contributed by atoms with Gasteiger partial charge in [0, 0.05) is 0 Å². The van der Waals surface area contributed by atoms with Crippen molar-refractivity contribution in [2.45, 2.75) is 6.92 Å². The van der Waals surface area contributed by atoms with Gasteiger partial charge in [-0.1, -0.05) is 0 Å². The molecule has 0 aliphatic carbocycles. The zero-order chi connectivity index (χ0) is 8.43. The van der Waals surface area contributed by atoms with Crippen molar-refractivity contribution < 1.29 is 9.72 Å². The van der Waals surface area contributed by atoms with Crippen molar-refractivity contribution in [3.63, 3.8) is 0 Å². The molecule has 0 spiro atoms. The predicted molar refractivity (Wildman–Crippen MR) is 35.2 cm³/mol. The maximum Gasteiger partial charge on any atom is 0.400 e. The van der Waals surface area contributed by atoms with Gasteiger partial charge in [-0.05, 0) is 11.8 Å². The molecule has 1 heterocycles. The van der Waals surface area contributed by atoms with Crippen LogP contribution in [0.5, 0.6) is 0 Å². The Morgan fingerprint density at radius 2 is 2.45 bits per heavy atom. The largest absolute Gasteiger partial charge is 0.400 e. The van der Waals surface area contributed by atoms with Gasteiger partial charge < -0.3 is 10.1 Å². The Kier molecular flexibility index (Phi) is 1.67. The lowest BCUT2D eigenvalue weighted by Gasteiger charge is -1.88. The Balaban J connectivity index is 3.16. The van der Waals surface area contributed by atoms with E-state index in [-0.39, 0.29) is 11.3 Å². The lowest BCUT2D eigenvalue weighted by atomic mass is 10.2. The van der Waals surface area contributed by atoms with Gasteiger partial charge in [0.15, 0.2) is 5.78 Å². The third-order valence-corrected chi connectivity index (χ3v) is 1.17. The second-order valence-corrected chi connectivity index (χ2v) is 1.94. The van der Waals surface area contributed by atoms with Crippen molar-refractivity contribution in [2.24, 2.45) is 0 Å². The summed E-state index contributed by atoms with van der Waals surface area (Å²) in [5.74, 6) is -0.789. The SMILES string of the molecule is CC(=O)c1c[nH]nc1[N+](=O)[O-]. The van der Waals surface area contributed by atoms with Gasteiger partial charge in [-0.15, -0.1) is 0 Å². The molecule has 1 rings (SSSR count). The number of ketones is 1. The Hall–Kier alpha value is -1.72. The fourth-order valence-corrected chi connectivity index (χ4v) is 0.681. The van der Waals surface area contributed by atoms with Crippen LogP contribution in [-0.4, -0.2) is 20.9 Å². The molecule has 0 unspecified atom stereocenters. The van der Waals surface area contributed by atoms with Crippen LogP contribution >= 0.6 is 0 Å². The summed E-state index contributed by atoms with van der Waals surface area (Å²) in [6.45, 7) is 1.25. The molecule has 0 radical (unpaired) electrons. The van der Waals surface area contributed by atoms with E-state index >= 15 is 0 Å². The number of aromatic nitrogens is 2. The van der Waals surface area contributed by atoms with Crippen LogP contribution in [0.15, 0.2) is 6.20 Å². The maximum atomic E-state index is 10.7. The highest BCUT2D eigenvalue weighted by Crippen LogP contribution is 2.13. The zero-order valence-electron chi connectivity index (χ0n) is 5.70. The standard InChI is InChI=1S/C5H5N3O3/c1-3(9)4-2-6-7-5(4)8(10)11/h2H,1H3,(H,6,7). The van der Waals surface area contributed by atoms with Gasteiger partial charge in [0.2, 0.25) is 0 Å². The number of hydrogen-bond donors (Lipinski definition) is 1. The van der Waals surface area contributed by atoms with Crippen molar-refractivity contribution in [2.75, 3.05) is 0 Å². The van der Waals surface area contributed by atoms with Crippen molar-refractivity contribution in [3.05, 3.63) is 21.9 Å². The minimum absolute atomic E-state index is 0.00926. The van der Waals surface area contributed by atoms with Gasteiger partial charge in [0.1, 0.15) is 5.56 Å². The zero-order valence-corrected chi connectivity index (χ0v) is 5.70. The summed E-state index contributed by atoms with van der Waals surface area (Å²) in [4.78, 5) is 20.1. The molecule has 0 bridgehead atoms. The molecule has 6 nitrogen and oxygen atoms in total. The van der Waals surface area contributed by atoms with Crippen molar-refractivity contribution in [1.29, 1.82) is 0 Å². The van der Waals surface area contributed by atoms with E-state index in [0.29, 0.717) is 0 Å². The molecule has 58 valence electrons. The van der Waals surface area contributed by atoms with E-state index in [0.717, 1.165) is 0 Å². The smallest absolute Gasteiger partial charge is 0.358 e. The topological polar surface area (TPSA) is 88.9 Å². The van der Waals surface area contributed by atoms with E-state index in [1.165, 1.54) is 13.1 Å². The second kappa shape index (κ2) is 2.49. The predicted octanol–water partition coefficient (Wildman–Crippen LogP) is 0.520. The number of nitrogens with one attached hydrogen (secondary N) is 1. The summed E-state index contributed by atoms with van der Waals surface area (Å²) < 4.78 is 0.